The fourth-order valence-electron chi connectivity index (χ4n) is 2.24. The number of halogens is 2. The molecule has 21 heavy (non-hydrogen) atoms. The Morgan fingerprint density at radius 1 is 1.43 bits per heavy atom. The number of hydrogen-bond donors (Lipinski definition) is 2. The first-order chi connectivity index (χ1) is 9.88. The molecule has 2 atom stereocenters. The van der Waals surface area contributed by atoms with E-state index in [-0.39, 0.29) is 11.8 Å². The van der Waals surface area contributed by atoms with Crippen LogP contribution in [0.15, 0.2) is 30.4 Å². The van der Waals surface area contributed by atoms with E-state index < -0.39 is 23.7 Å². The minimum absolute atomic E-state index is 0.171. The van der Waals surface area contributed by atoms with Crippen molar-refractivity contribution in [2.24, 2.45) is 0 Å². The van der Waals surface area contributed by atoms with Gasteiger partial charge in [-0.3, -0.25) is 9.59 Å². The monoisotopic (exact) mass is 294 g/mol. The van der Waals surface area contributed by atoms with Crippen molar-refractivity contribution in [3.05, 3.63) is 47.5 Å². The van der Waals surface area contributed by atoms with Crippen LogP contribution in [0.1, 0.15) is 31.4 Å². The van der Waals surface area contributed by atoms with Crippen molar-refractivity contribution in [3.63, 3.8) is 0 Å². The maximum absolute atomic E-state index is 13.3. The van der Waals surface area contributed by atoms with Crippen molar-refractivity contribution in [2.75, 3.05) is 0 Å². The molecule has 2 N–H and O–H groups in total. The smallest absolute Gasteiger partial charge is 0.243 e. The second-order valence-electron chi connectivity index (χ2n) is 5.12. The molecule has 1 saturated heterocycles. The summed E-state index contributed by atoms with van der Waals surface area (Å²) in [7, 11) is 0. The molecule has 1 fully saturated rings. The highest BCUT2D eigenvalue weighted by atomic mass is 19.2. The molecule has 0 aromatic heterocycles. The van der Waals surface area contributed by atoms with Gasteiger partial charge >= 0.3 is 0 Å². The Morgan fingerprint density at radius 2 is 2.14 bits per heavy atom. The average Bonchev–Trinajstić information content (AvgIpc) is 2.85. The molecule has 1 aromatic rings. The third-order valence-corrected chi connectivity index (χ3v) is 3.37. The Morgan fingerprint density at radius 3 is 2.67 bits per heavy atom. The number of amides is 2. The topological polar surface area (TPSA) is 58.2 Å². The summed E-state index contributed by atoms with van der Waals surface area (Å²) in [4.78, 5) is 23.2. The lowest BCUT2D eigenvalue weighted by Gasteiger charge is -2.21. The van der Waals surface area contributed by atoms with Crippen LogP contribution >= 0.6 is 0 Å². The summed E-state index contributed by atoms with van der Waals surface area (Å²) in [5, 5.41) is 5.25. The average molecular weight is 294 g/mol. The SMILES string of the molecule is C=C(C)C(NC(=O)C1CCC(=O)N1)c1ccc(F)c(F)c1. The third-order valence-electron chi connectivity index (χ3n) is 3.37. The first-order valence-corrected chi connectivity index (χ1v) is 6.58. The first-order valence-electron chi connectivity index (χ1n) is 6.58. The maximum Gasteiger partial charge on any atom is 0.243 e. The van der Waals surface area contributed by atoms with Gasteiger partial charge in [0.1, 0.15) is 6.04 Å². The molecule has 0 bridgehead atoms. The summed E-state index contributed by atoms with van der Waals surface area (Å²) in [6.07, 6.45) is 0.729. The fraction of sp³-hybridized carbons (Fsp3) is 0.333. The summed E-state index contributed by atoms with van der Waals surface area (Å²) >= 11 is 0. The lowest BCUT2D eigenvalue weighted by atomic mass is 10.00. The highest BCUT2D eigenvalue weighted by molar-refractivity contribution is 5.91. The summed E-state index contributed by atoms with van der Waals surface area (Å²) in [6, 6.07) is 2.20. The van der Waals surface area contributed by atoms with Gasteiger partial charge in [-0.2, -0.15) is 0 Å². The highest BCUT2D eigenvalue weighted by Crippen LogP contribution is 2.22. The normalized spacial score (nSPS) is 19.0. The van der Waals surface area contributed by atoms with E-state index in [1.165, 1.54) is 6.07 Å². The number of carbonyl (C=O) groups excluding carboxylic acids is 2. The number of rotatable bonds is 4. The van der Waals surface area contributed by atoms with Crippen molar-refractivity contribution in [2.45, 2.75) is 31.8 Å². The zero-order valence-electron chi connectivity index (χ0n) is 11.6. The van der Waals surface area contributed by atoms with Crippen LogP contribution in [0.25, 0.3) is 0 Å². The molecule has 0 spiro atoms. The van der Waals surface area contributed by atoms with E-state index in [2.05, 4.69) is 17.2 Å². The summed E-state index contributed by atoms with van der Waals surface area (Å²) in [6.45, 7) is 5.44. The lowest BCUT2D eigenvalue weighted by molar-refractivity contribution is -0.126. The van der Waals surface area contributed by atoms with Crippen LogP contribution in [0.2, 0.25) is 0 Å². The van der Waals surface area contributed by atoms with E-state index >= 15 is 0 Å². The van der Waals surface area contributed by atoms with Gasteiger partial charge in [-0.05, 0) is 31.0 Å². The van der Waals surface area contributed by atoms with Crippen LogP contribution in [0.3, 0.4) is 0 Å². The number of nitrogens with one attached hydrogen (secondary N) is 2. The van der Waals surface area contributed by atoms with Gasteiger partial charge in [-0.25, -0.2) is 8.78 Å². The largest absolute Gasteiger partial charge is 0.344 e. The molecular formula is C15H16F2N2O2. The van der Waals surface area contributed by atoms with Gasteiger partial charge in [0, 0.05) is 6.42 Å². The molecule has 1 aliphatic heterocycles. The fourth-order valence-corrected chi connectivity index (χ4v) is 2.24. The van der Waals surface area contributed by atoms with Crippen LogP contribution in [-0.2, 0) is 9.59 Å². The molecule has 0 aliphatic carbocycles. The molecule has 2 unspecified atom stereocenters. The highest BCUT2D eigenvalue weighted by Gasteiger charge is 2.29. The molecule has 2 rings (SSSR count). The molecule has 6 heteroatoms. The van der Waals surface area contributed by atoms with Gasteiger partial charge < -0.3 is 10.6 Å². The summed E-state index contributed by atoms with van der Waals surface area (Å²) in [5.74, 6) is -2.47. The second kappa shape index (κ2) is 6.03. The van der Waals surface area contributed by atoms with Crippen molar-refractivity contribution in [3.8, 4) is 0 Å². The molecule has 0 saturated carbocycles. The van der Waals surface area contributed by atoms with Crippen LogP contribution in [0.4, 0.5) is 8.78 Å². The second-order valence-corrected chi connectivity index (χ2v) is 5.12. The van der Waals surface area contributed by atoms with Crippen molar-refractivity contribution in [1.29, 1.82) is 0 Å². The van der Waals surface area contributed by atoms with Crippen molar-refractivity contribution < 1.29 is 18.4 Å². The van der Waals surface area contributed by atoms with E-state index in [0.717, 1.165) is 12.1 Å². The Labute approximate surface area is 121 Å². The standard InChI is InChI=1S/C15H16F2N2O2/c1-8(2)14(9-3-4-10(16)11(17)7-9)19-15(21)12-5-6-13(20)18-12/h3-4,7,12,14H,1,5-6H2,2H3,(H,18,20)(H,19,21). The molecule has 112 valence electrons. The van der Waals surface area contributed by atoms with Gasteiger partial charge in [0.2, 0.25) is 11.8 Å². The van der Waals surface area contributed by atoms with Gasteiger partial charge in [-0.15, -0.1) is 0 Å². The first kappa shape index (κ1) is 15.2. The quantitative estimate of drug-likeness (QED) is 0.834. The Balaban J connectivity index is 2.15. The van der Waals surface area contributed by atoms with Crippen LogP contribution in [0.5, 0.6) is 0 Å². The predicted octanol–water partition coefficient (Wildman–Crippen LogP) is 1.98. The van der Waals surface area contributed by atoms with E-state index in [9.17, 15) is 18.4 Å². The summed E-state index contributed by atoms with van der Waals surface area (Å²) in [5.41, 5.74) is 0.984. The van der Waals surface area contributed by atoms with E-state index in [1.54, 1.807) is 6.92 Å². The van der Waals surface area contributed by atoms with Crippen molar-refractivity contribution >= 4 is 11.8 Å². The summed E-state index contributed by atoms with van der Waals surface area (Å²) < 4.78 is 26.3. The number of carbonyl (C=O) groups is 2. The number of hydrogen-bond acceptors (Lipinski definition) is 2. The van der Waals surface area contributed by atoms with Gasteiger partial charge in [0.15, 0.2) is 11.6 Å². The molecular weight excluding hydrogens is 278 g/mol. The van der Waals surface area contributed by atoms with E-state index in [0.29, 0.717) is 24.0 Å². The predicted molar refractivity (Wildman–Crippen MR) is 73.2 cm³/mol. The number of benzene rings is 1. The van der Waals surface area contributed by atoms with Crippen LogP contribution < -0.4 is 10.6 Å². The molecule has 1 aliphatic rings. The zero-order chi connectivity index (χ0) is 15.6. The molecule has 4 nitrogen and oxygen atoms in total. The minimum Gasteiger partial charge on any atom is -0.344 e. The van der Waals surface area contributed by atoms with E-state index in [4.69, 9.17) is 0 Å². The van der Waals surface area contributed by atoms with E-state index in [1.807, 2.05) is 0 Å². The molecule has 1 heterocycles. The Kier molecular flexibility index (Phi) is 4.35. The molecule has 1 aromatic carbocycles. The van der Waals surface area contributed by atoms with Gasteiger partial charge in [0.05, 0.1) is 6.04 Å². The zero-order valence-corrected chi connectivity index (χ0v) is 11.6. The van der Waals surface area contributed by atoms with Crippen molar-refractivity contribution in [1.82, 2.24) is 10.6 Å². The minimum atomic E-state index is -0.984. The van der Waals surface area contributed by atoms with Crippen LogP contribution in [0, 0.1) is 11.6 Å². The Bertz CT molecular complexity index is 601. The van der Waals surface area contributed by atoms with Gasteiger partial charge in [-0.1, -0.05) is 18.2 Å². The van der Waals surface area contributed by atoms with Gasteiger partial charge in [0.25, 0.3) is 0 Å². The Hall–Kier alpha value is -2.24. The van der Waals surface area contributed by atoms with Crippen LogP contribution in [-0.4, -0.2) is 17.9 Å². The third kappa shape index (κ3) is 3.45. The molecule has 2 amide bonds. The maximum atomic E-state index is 13.3. The lowest BCUT2D eigenvalue weighted by Crippen LogP contribution is -2.43. The molecule has 0 radical (unpaired) electrons.